The van der Waals surface area contributed by atoms with Gasteiger partial charge in [-0.25, -0.2) is 9.50 Å². The minimum absolute atomic E-state index is 0.826. The first-order valence-corrected chi connectivity index (χ1v) is 8.23. The lowest BCUT2D eigenvalue weighted by atomic mass is 10.1. The van der Waals surface area contributed by atoms with Gasteiger partial charge in [0.25, 0.3) is 0 Å². The summed E-state index contributed by atoms with van der Waals surface area (Å²) >= 11 is 1.61. The highest BCUT2D eigenvalue weighted by molar-refractivity contribution is 7.20. The van der Waals surface area contributed by atoms with E-state index in [-0.39, 0.29) is 0 Å². The molecular formula is C18H15N3O2S. The van der Waals surface area contributed by atoms with E-state index < -0.39 is 0 Å². The standard InChI is InChI=1S/C18H15N3O2S/c1-22-14-8-6-12(7-9-14)16-17(24-18-19-11-20-21(16)18)13-4-3-5-15(10-13)23-2/h3-11H,1-2H3. The molecule has 0 radical (unpaired) electrons. The Bertz CT molecular complexity index is 989. The Kier molecular flexibility index (Phi) is 3.66. The lowest BCUT2D eigenvalue weighted by Gasteiger charge is -2.07. The second-order valence-corrected chi connectivity index (χ2v) is 6.17. The van der Waals surface area contributed by atoms with E-state index in [2.05, 4.69) is 16.1 Å². The van der Waals surface area contributed by atoms with Crippen molar-refractivity contribution < 1.29 is 9.47 Å². The highest BCUT2D eigenvalue weighted by Gasteiger charge is 2.18. The van der Waals surface area contributed by atoms with Gasteiger partial charge in [-0.3, -0.25) is 0 Å². The largest absolute Gasteiger partial charge is 0.497 e. The van der Waals surface area contributed by atoms with E-state index in [9.17, 15) is 0 Å². The molecular weight excluding hydrogens is 322 g/mol. The second-order valence-electron chi connectivity index (χ2n) is 5.19. The number of aromatic nitrogens is 3. The minimum atomic E-state index is 0.826. The highest BCUT2D eigenvalue weighted by Crippen LogP contribution is 2.39. The Hall–Kier alpha value is -2.86. The zero-order chi connectivity index (χ0) is 16.5. The normalized spacial score (nSPS) is 10.9. The van der Waals surface area contributed by atoms with Crippen LogP contribution < -0.4 is 9.47 Å². The maximum absolute atomic E-state index is 5.36. The van der Waals surface area contributed by atoms with Crippen molar-refractivity contribution in [2.45, 2.75) is 0 Å². The average Bonchev–Trinajstić information content (AvgIpc) is 3.23. The SMILES string of the molecule is COc1ccc(-c2c(-c3cccc(OC)c3)sc3ncnn23)cc1. The van der Waals surface area contributed by atoms with Crippen LogP contribution in [0.2, 0.25) is 0 Å². The van der Waals surface area contributed by atoms with Gasteiger partial charge in [-0.1, -0.05) is 23.5 Å². The molecule has 24 heavy (non-hydrogen) atoms. The van der Waals surface area contributed by atoms with E-state index in [1.807, 2.05) is 47.0 Å². The molecule has 4 aromatic rings. The smallest absolute Gasteiger partial charge is 0.213 e. The fourth-order valence-electron chi connectivity index (χ4n) is 2.65. The summed E-state index contributed by atoms with van der Waals surface area (Å²) in [5, 5.41) is 4.38. The number of thiazole rings is 1. The van der Waals surface area contributed by atoms with Gasteiger partial charge >= 0.3 is 0 Å². The first kappa shape index (κ1) is 14.7. The van der Waals surface area contributed by atoms with E-state index >= 15 is 0 Å². The third kappa shape index (κ3) is 2.41. The minimum Gasteiger partial charge on any atom is -0.497 e. The van der Waals surface area contributed by atoms with Crippen LogP contribution in [-0.4, -0.2) is 28.8 Å². The lowest BCUT2D eigenvalue weighted by Crippen LogP contribution is -1.91. The van der Waals surface area contributed by atoms with Gasteiger partial charge in [0.15, 0.2) is 0 Å². The number of hydrogen-bond donors (Lipinski definition) is 0. The topological polar surface area (TPSA) is 48.7 Å². The van der Waals surface area contributed by atoms with Gasteiger partial charge in [-0.15, -0.1) is 0 Å². The van der Waals surface area contributed by atoms with Gasteiger partial charge in [0.2, 0.25) is 4.96 Å². The summed E-state index contributed by atoms with van der Waals surface area (Å²) in [6.07, 6.45) is 1.58. The van der Waals surface area contributed by atoms with Gasteiger partial charge in [0.05, 0.1) is 24.8 Å². The highest BCUT2D eigenvalue weighted by atomic mass is 32.1. The van der Waals surface area contributed by atoms with Crippen molar-refractivity contribution in [3.05, 3.63) is 54.9 Å². The molecule has 0 N–H and O–H groups in total. The Morgan fingerprint density at radius 1 is 0.917 bits per heavy atom. The van der Waals surface area contributed by atoms with Crippen LogP contribution in [0.1, 0.15) is 0 Å². The van der Waals surface area contributed by atoms with Crippen molar-refractivity contribution in [3.63, 3.8) is 0 Å². The fraction of sp³-hybridized carbons (Fsp3) is 0.111. The third-order valence-electron chi connectivity index (χ3n) is 3.83. The molecule has 2 aromatic heterocycles. The van der Waals surface area contributed by atoms with Crippen LogP contribution in [-0.2, 0) is 0 Å². The fourth-order valence-corrected chi connectivity index (χ4v) is 3.71. The molecule has 0 aliphatic carbocycles. The van der Waals surface area contributed by atoms with Crippen molar-refractivity contribution in [2.75, 3.05) is 14.2 Å². The molecule has 120 valence electrons. The molecule has 0 bridgehead atoms. The quantitative estimate of drug-likeness (QED) is 0.561. The molecule has 4 rings (SSSR count). The molecule has 0 fully saturated rings. The van der Waals surface area contributed by atoms with Gasteiger partial charge in [0.1, 0.15) is 17.8 Å². The van der Waals surface area contributed by atoms with E-state index in [4.69, 9.17) is 9.47 Å². The van der Waals surface area contributed by atoms with Gasteiger partial charge in [-0.05, 0) is 42.0 Å². The van der Waals surface area contributed by atoms with Gasteiger partial charge in [0, 0.05) is 5.56 Å². The Balaban J connectivity index is 1.93. The second kappa shape index (κ2) is 5.98. The molecule has 5 nitrogen and oxygen atoms in total. The summed E-state index contributed by atoms with van der Waals surface area (Å²) < 4.78 is 12.5. The monoisotopic (exact) mass is 337 g/mol. The third-order valence-corrected chi connectivity index (χ3v) is 4.93. The van der Waals surface area contributed by atoms with Crippen molar-refractivity contribution in [3.8, 4) is 33.2 Å². The van der Waals surface area contributed by atoms with E-state index in [0.29, 0.717) is 0 Å². The number of fused-ring (bicyclic) bond motifs is 1. The molecule has 0 saturated carbocycles. The summed E-state index contributed by atoms with van der Waals surface area (Å²) in [6.45, 7) is 0. The van der Waals surface area contributed by atoms with Crippen LogP contribution in [0.3, 0.4) is 0 Å². The molecule has 0 saturated heterocycles. The summed E-state index contributed by atoms with van der Waals surface area (Å²) in [7, 11) is 3.34. The summed E-state index contributed by atoms with van der Waals surface area (Å²) in [6, 6.07) is 16.0. The average molecular weight is 337 g/mol. The van der Waals surface area contributed by atoms with Gasteiger partial charge in [-0.2, -0.15) is 5.10 Å². The first-order valence-electron chi connectivity index (χ1n) is 7.41. The van der Waals surface area contributed by atoms with E-state index in [1.165, 1.54) is 0 Å². The van der Waals surface area contributed by atoms with Crippen molar-refractivity contribution in [2.24, 2.45) is 0 Å². The number of ether oxygens (including phenoxy) is 2. The summed E-state index contributed by atoms with van der Waals surface area (Å²) in [5.74, 6) is 1.65. The van der Waals surface area contributed by atoms with Crippen LogP contribution >= 0.6 is 11.3 Å². The maximum atomic E-state index is 5.36. The predicted molar refractivity (Wildman–Crippen MR) is 94.8 cm³/mol. The van der Waals surface area contributed by atoms with Crippen molar-refractivity contribution in [1.82, 2.24) is 14.6 Å². The van der Waals surface area contributed by atoms with Crippen LogP contribution in [0, 0.1) is 0 Å². The molecule has 0 aliphatic rings. The molecule has 0 spiro atoms. The predicted octanol–water partition coefficient (Wildman–Crippen LogP) is 4.14. The van der Waals surface area contributed by atoms with Crippen LogP contribution in [0.25, 0.3) is 26.7 Å². The number of benzene rings is 2. The van der Waals surface area contributed by atoms with Crippen molar-refractivity contribution >= 4 is 16.3 Å². The van der Waals surface area contributed by atoms with Crippen LogP contribution in [0.4, 0.5) is 0 Å². The molecule has 0 atom stereocenters. The first-order chi connectivity index (χ1) is 11.8. The number of methoxy groups -OCH3 is 2. The summed E-state index contributed by atoms with van der Waals surface area (Å²) in [5.41, 5.74) is 3.16. The molecule has 6 heteroatoms. The Labute approximate surface area is 143 Å². The van der Waals surface area contributed by atoms with Crippen LogP contribution in [0.5, 0.6) is 11.5 Å². The lowest BCUT2D eigenvalue weighted by molar-refractivity contribution is 0.415. The molecule has 0 amide bonds. The Morgan fingerprint density at radius 3 is 2.46 bits per heavy atom. The maximum Gasteiger partial charge on any atom is 0.213 e. The Morgan fingerprint density at radius 2 is 1.71 bits per heavy atom. The molecule has 0 unspecified atom stereocenters. The van der Waals surface area contributed by atoms with E-state index in [0.717, 1.165) is 38.2 Å². The van der Waals surface area contributed by atoms with Crippen molar-refractivity contribution in [1.29, 1.82) is 0 Å². The molecule has 2 heterocycles. The number of rotatable bonds is 4. The molecule has 2 aromatic carbocycles. The zero-order valence-electron chi connectivity index (χ0n) is 13.3. The summed E-state index contributed by atoms with van der Waals surface area (Å²) in [4.78, 5) is 6.31. The zero-order valence-corrected chi connectivity index (χ0v) is 14.1. The number of nitrogens with zero attached hydrogens (tertiary/aromatic N) is 3. The number of hydrogen-bond acceptors (Lipinski definition) is 5. The van der Waals surface area contributed by atoms with Gasteiger partial charge < -0.3 is 9.47 Å². The van der Waals surface area contributed by atoms with E-state index in [1.54, 1.807) is 31.9 Å². The van der Waals surface area contributed by atoms with Crippen LogP contribution in [0.15, 0.2) is 54.9 Å². The molecule has 0 aliphatic heterocycles.